The van der Waals surface area contributed by atoms with Crippen LogP contribution in [0.15, 0.2) is 65.2 Å². The molecule has 0 aliphatic carbocycles. The highest BCUT2D eigenvalue weighted by Gasteiger charge is 2.19. The normalized spacial score (nSPS) is 11.8. The smallest absolute Gasteiger partial charge is 0.271 e. The summed E-state index contributed by atoms with van der Waals surface area (Å²) in [5, 5.41) is 14.0. The Balaban J connectivity index is 1.81. The third kappa shape index (κ3) is 4.90. The maximum atomic E-state index is 13.0. The zero-order chi connectivity index (χ0) is 22.4. The molecule has 0 saturated heterocycles. The Morgan fingerprint density at radius 2 is 2.03 bits per heavy atom. The zero-order valence-electron chi connectivity index (χ0n) is 16.4. The lowest BCUT2D eigenvalue weighted by atomic mass is 9.98. The number of halogens is 1. The number of aromatic nitrogens is 2. The van der Waals surface area contributed by atoms with E-state index < -0.39 is 5.91 Å². The van der Waals surface area contributed by atoms with Crippen LogP contribution in [0.3, 0.4) is 0 Å². The molecule has 2 heterocycles. The van der Waals surface area contributed by atoms with Crippen molar-refractivity contribution in [3.8, 4) is 0 Å². The molecule has 0 unspecified atom stereocenters. The molecular weight excluding hydrogens is 418 g/mol. The van der Waals surface area contributed by atoms with Crippen LogP contribution in [0.5, 0.6) is 0 Å². The van der Waals surface area contributed by atoms with Gasteiger partial charge in [0.2, 0.25) is 0 Å². The SMILES string of the molecule is C/C(C(=O)c1cccc2ncccc12)=C(/N)C(=O)Nc1cnc(N/N=C\C=N)c(Cl)c1. The fourth-order valence-electron chi connectivity index (χ4n) is 2.72. The Kier molecular flexibility index (Phi) is 6.68. The first kappa shape index (κ1) is 21.6. The number of hydrazone groups is 1. The van der Waals surface area contributed by atoms with Gasteiger partial charge in [0.15, 0.2) is 11.6 Å². The molecule has 0 atom stereocenters. The molecule has 10 heteroatoms. The third-order valence-corrected chi connectivity index (χ3v) is 4.59. The minimum atomic E-state index is -0.662. The summed E-state index contributed by atoms with van der Waals surface area (Å²) in [4.78, 5) is 33.8. The van der Waals surface area contributed by atoms with Crippen molar-refractivity contribution < 1.29 is 9.59 Å². The molecule has 0 bridgehead atoms. The van der Waals surface area contributed by atoms with Gasteiger partial charge in [-0.1, -0.05) is 29.8 Å². The number of carbonyl (C=O) groups excluding carboxylic acids is 2. The highest BCUT2D eigenvalue weighted by atomic mass is 35.5. The van der Waals surface area contributed by atoms with Gasteiger partial charge in [0.25, 0.3) is 5.91 Å². The van der Waals surface area contributed by atoms with Crippen LogP contribution in [0.2, 0.25) is 5.02 Å². The summed E-state index contributed by atoms with van der Waals surface area (Å²) in [6, 6.07) is 10.2. The van der Waals surface area contributed by atoms with E-state index in [1.54, 1.807) is 36.5 Å². The molecule has 1 amide bonds. The Bertz CT molecular complexity index is 1230. The molecule has 3 rings (SSSR count). The minimum absolute atomic E-state index is 0.104. The van der Waals surface area contributed by atoms with Crippen LogP contribution in [-0.2, 0) is 4.79 Å². The van der Waals surface area contributed by atoms with Crippen LogP contribution >= 0.6 is 11.6 Å². The number of Topliss-reactive ketones (excluding diaryl/α,β-unsaturated/α-hetero) is 1. The fraction of sp³-hybridized carbons (Fsp3) is 0.0476. The number of hydrogen-bond donors (Lipinski definition) is 4. The number of anilines is 2. The lowest BCUT2D eigenvalue weighted by Crippen LogP contribution is -2.24. The van der Waals surface area contributed by atoms with Crippen LogP contribution in [0, 0.1) is 5.41 Å². The van der Waals surface area contributed by atoms with E-state index in [9.17, 15) is 9.59 Å². The van der Waals surface area contributed by atoms with Crippen molar-refractivity contribution in [1.29, 1.82) is 5.41 Å². The number of nitrogens with zero attached hydrogens (tertiary/aromatic N) is 3. The molecule has 5 N–H and O–H groups in total. The van der Waals surface area contributed by atoms with Crippen molar-refractivity contribution >= 4 is 58.1 Å². The molecule has 1 aromatic carbocycles. The standard InChI is InChI=1S/C21H18ClN7O2/c1-12(19(30)15-4-2-6-17-14(15)5-3-8-25-17)18(24)21(31)28-13-10-16(22)20(26-11-13)29-27-9-7-23/h2-11,23H,24H2,1H3,(H,26,29)(H,28,31)/b18-12-,23-7?,27-9-. The van der Waals surface area contributed by atoms with Crippen LogP contribution in [-0.4, -0.2) is 34.1 Å². The summed E-state index contributed by atoms with van der Waals surface area (Å²) in [5.74, 6) is -0.784. The van der Waals surface area contributed by atoms with E-state index in [1.165, 1.54) is 25.4 Å². The van der Waals surface area contributed by atoms with Gasteiger partial charge in [0.05, 0.1) is 28.6 Å². The highest BCUT2D eigenvalue weighted by Crippen LogP contribution is 2.24. The van der Waals surface area contributed by atoms with E-state index in [-0.39, 0.29) is 33.6 Å². The number of allylic oxidation sites excluding steroid dienone is 1. The van der Waals surface area contributed by atoms with Gasteiger partial charge >= 0.3 is 0 Å². The van der Waals surface area contributed by atoms with Gasteiger partial charge in [-0.15, -0.1) is 0 Å². The first-order chi connectivity index (χ1) is 14.9. The van der Waals surface area contributed by atoms with Crippen molar-refractivity contribution in [3.05, 3.63) is 70.6 Å². The minimum Gasteiger partial charge on any atom is -0.394 e. The van der Waals surface area contributed by atoms with Gasteiger partial charge in [-0.05, 0) is 25.1 Å². The fourth-order valence-corrected chi connectivity index (χ4v) is 2.93. The predicted molar refractivity (Wildman–Crippen MR) is 122 cm³/mol. The van der Waals surface area contributed by atoms with Gasteiger partial charge in [0, 0.05) is 28.9 Å². The Morgan fingerprint density at radius 1 is 1.23 bits per heavy atom. The number of nitrogens with one attached hydrogen (secondary N) is 3. The lowest BCUT2D eigenvalue weighted by Gasteiger charge is -2.11. The number of nitrogens with two attached hydrogens (primary N) is 1. The van der Waals surface area contributed by atoms with Crippen LogP contribution in [0.25, 0.3) is 10.9 Å². The van der Waals surface area contributed by atoms with E-state index in [2.05, 4.69) is 25.8 Å². The molecule has 9 nitrogen and oxygen atoms in total. The number of fused-ring (bicyclic) bond motifs is 1. The second-order valence-corrected chi connectivity index (χ2v) is 6.72. The van der Waals surface area contributed by atoms with Crippen LogP contribution in [0.4, 0.5) is 11.5 Å². The largest absolute Gasteiger partial charge is 0.394 e. The topological polar surface area (TPSA) is 146 Å². The van der Waals surface area contributed by atoms with Crippen molar-refractivity contribution in [2.75, 3.05) is 10.7 Å². The average molecular weight is 436 g/mol. The molecule has 2 aromatic heterocycles. The van der Waals surface area contributed by atoms with Crippen LogP contribution in [0.1, 0.15) is 17.3 Å². The first-order valence-electron chi connectivity index (χ1n) is 9.02. The molecule has 3 aromatic rings. The number of carbonyl (C=O) groups is 2. The number of pyridine rings is 2. The van der Waals surface area contributed by atoms with E-state index in [0.29, 0.717) is 16.5 Å². The molecule has 0 saturated carbocycles. The summed E-state index contributed by atoms with van der Waals surface area (Å²) in [7, 11) is 0. The maximum absolute atomic E-state index is 13.0. The molecule has 0 fully saturated rings. The van der Waals surface area contributed by atoms with E-state index in [0.717, 1.165) is 6.21 Å². The summed E-state index contributed by atoms with van der Waals surface area (Å²) in [6.45, 7) is 1.49. The maximum Gasteiger partial charge on any atom is 0.271 e. The van der Waals surface area contributed by atoms with Crippen molar-refractivity contribution in [3.63, 3.8) is 0 Å². The third-order valence-electron chi connectivity index (χ3n) is 4.30. The molecule has 0 aliphatic heterocycles. The lowest BCUT2D eigenvalue weighted by molar-refractivity contribution is -0.113. The zero-order valence-corrected chi connectivity index (χ0v) is 17.1. The highest BCUT2D eigenvalue weighted by molar-refractivity contribution is 6.33. The Hall–Kier alpha value is -4.11. The Labute approximate surface area is 182 Å². The second kappa shape index (κ2) is 9.59. The van der Waals surface area contributed by atoms with Gasteiger partial charge in [-0.3, -0.25) is 20.0 Å². The van der Waals surface area contributed by atoms with Gasteiger partial charge < -0.3 is 16.5 Å². The summed E-state index contributed by atoms with van der Waals surface area (Å²) in [6.07, 6.45) is 5.20. The molecule has 0 aliphatic rings. The summed E-state index contributed by atoms with van der Waals surface area (Å²) in [5.41, 5.74) is 9.77. The van der Waals surface area contributed by atoms with E-state index in [4.69, 9.17) is 22.7 Å². The first-order valence-corrected chi connectivity index (χ1v) is 9.40. The van der Waals surface area contributed by atoms with Gasteiger partial charge in [0.1, 0.15) is 5.70 Å². The Morgan fingerprint density at radius 3 is 2.77 bits per heavy atom. The molecular formula is C21H18ClN7O2. The molecule has 156 valence electrons. The predicted octanol–water partition coefficient (Wildman–Crippen LogP) is 3.38. The van der Waals surface area contributed by atoms with Crippen molar-refractivity contribution in [2.24, 2.45) is 10.8 Å². The number of ketones is 1. The molecule has 0 radical (unpaired) electrons. The summed E-state index contributed by atoms with van der Waals surface area (Å²) < 4.78 is 0. The number of hydrogen-bond acceptors (Lipinski definition) is 8. The monoisotopic (exact) mass is 435 g/mol. The average Bonchev–Trinajstić information content (AvgIpc) is 2.78. The quantitative estimate of drug-likeness (QED) is 0.193. The van der Waals surface area contributed by atoms with E-state index >= 15 is 0 Å². The second-order valence-electron chi connectivity index (χ2n) is 6.31. The number of benzene rings is 1. The van der Waals surface area contributed by atoms with Gasteiger partial charge in [-0.2, -0.15) is 5.10 Å². The van der Waals surface area contributed by atoms with Crippen LogP contribution < -0.4 is 16.5 Å². The number of rotatable bonds is 7. The summed E-state index contributed by atoms with van der Waals surface area (Å²) >= 11 is 6.11. The van der Waals surface area contributed by atoms with E-state index in [1.807, 2.05) is 0 Å². The molecule has 0 spiro atoms. The van der Waals surface area contributed by atoms with Crippen molar-refractivity contribution in [1.82, 2.24) is 9.97 Å². The number of amides is 1. The van der Waals surface area contributed by atoms with Crippen molar-refractivity contribution in [2.45, 2.75) is 6.92 Å². The van der Waals surface area contributed by atoms with Gasteiger partial charge in [-0.25, -0.2) is 4.98 Å². The molecule has 31 heavy (non-hydrogen) atoms.